The van der Waals surface area contributed by atoms with Crippen LogP contribution in [-0.2, 0) is 4.57 Å². The summed E-state index contributed by atoms with van der Waals surface area (Å²) >= 11 is 11.8. The van der Waals surface area contributed by atoms with Gasteiger partial charge in [-0.1, -0.05) is 115 Å². The van der Waals surface area contributed by atoms with E-state index >= 15 is 0 Å². The Balaban J connectivity index is 2.11. The van der Waals surface area contributed by atoms with Crippen LogP contribution in [0.4, 0.5) is 5.69 Å². The molecule has 36 heavy (non-hydrogen) atoms. The summed E-state index contributed by atoms with van der Waals surface area (Å²) in [6, 6.07) is 7.83. The molecular formula is C29H52Cl2N2O2P+. The second-order valence-corrected chi connectivity index (χ2v) is 11.8. The monoisotopic (exact) mass is 561 g/mol. The molecule has 0 amide bonds. The molecule has 0 spiro atoms. The molecule has 7 heteroatoms. The van der Waals surface area contributed by atoms with Gasteiger partial charge in [0.25, 0.3) is 5.78 Å². The van der Waals surface area contributed by atoms with Gasteiger partial charge < -0.3 is 4.90 Å². The molecule has 0 saturated carbocycles. The standard InChI is InChI=1S/C29H51Cl2N2O2P/c1-2-3-4-5-6-7-8-9-10-11-12-13-14-15-16-17-24-32-29(36(34)35)27-18-20-28(21-19-27)33(25-22-30)26-23-31/h18-21,29,32H,2-17,22-26H2,1H3/p+1. The van der Waals surface area contributed by atoms with Crippen LogP contribution in [0.25, 0.3) is 0 Å². The first-order valence-corrected chi connectivity index (χ1v) is 16.8. The Labute approximate surface area is 232 Å². The molecule has 0 fully saturated rings. The van der Waals surface area contributed by atoms with Crippen LogP contribution in [0.2, 0.25) is 0 Å². The van der Waals surface area contributed by atoms with E-state index in [0.29, 0.717) is 11.8 Å². The Bertz CT molecular complexity index is 643. The highest BCUT2D eigenvalue weighted by molar-refractivity contribution is 7.38. The smallest absolute Gasteiger partial charge is 0.369 e. The van der Waals surface area contributed by atoms with Crippen LogP contribution in [0.5, 0.6) is 0 Å². The molecule has 1 aromatic rings. The molecular weight excluding hydrogens is 510 g/mol. The van der Waals surface area contributed by atoms with Gasteiger partial charge in [-0.25, -0.2) is 0 Å². The van der Waals surface area contributed by atoms with Gasteiger partial charge in [-0.05, 0) is 29.7 Å². The summed E-state index contributed by atoms with van der Waals surface area (Å²) in [5.41, 5.74) is 1.88. The number of hydrogen-bond acceptors (Lipinski definition) is 3. The lowest BCUT2D eigenvalue weighted by Gasteiger charge is -2.23. The minimum Gasteiger partial charge on any atom is -0.369 e. The number of alkyl halides is 2. The Hall–Kier alpha value is -0.380. The van der Waals surface area contributed by atoms with E-state index in [1.807, 2.05) is 24.3 Å². The Kier molecular flexibility index (Phi) is 22.2. The molecule has 0 aliphatic rings. The van der Waals surface area contributed by atoms with Crippen molar-refractivity contribution in [1.29, 1.82) is 0 Å². The van der Waals surface area contributed by atoms with Gasteiger partial charge in [0, 0.05) is 36.1 Å². The van der Waals surface area contributed by atoms with Gasteiger partial charge in [0.05, 0.1) is 0 Å². The highest BCUT2D eigenvalue weighted by atomic mass is 35.5. The predicted octanol–water partition coefficient (Wildman–Crippen LogP) is 9.55. The maximum atomic E-state index is 12.0. The molecule has 208 valence electrons. The van der Waals surface area contributed by atoms with Crippen LogP contribution in [-0.4, -0.2) is 36.3 Å². The van der Waals surface area contributed by atoms with Crippen LogP contribution in [0.15, 0.2) is 24.3 Å². The minimum absolute atomic E-state index is 0.528. The molecule has 0 saturated heterocycles. The second kappa shape index (κ2) is 23.7. The SMILES string of the molecule is CCCCCCCCCCCCCCCCCCNC(c1ccc(N(CCCl)CCCl)cc1)[P+](=O)O. The van der Waals surface area contributed by atoms with E-state index in [0.717, 1.165) is 37.3 Å². The highest BCUT2D eigenvalue weighted by Gasteiger charge is 2.30. The summed E-state index contributed by atoms with van der Waals surface area (Å²) in [5, 5.41) is 3.29. The van der Waals surface area contributed by atoms with Crippen molar-refractivity contribution in [3.05, 3.63) is 29.8 Å². The van der Waals surface area contributed by atoms with E-state index in [2.05, 4.69) is 17.1 Å². The summed E-state index contributed by atoms with van der Waals surface area (Å²) in [6.07, 6.45) is 21.5. The van der Waals surface area contributed by atoms with E-state index in [1.165, 1.54) is 96.3 Å². The number of rotatable bonds is 25. The van der Waals surface area contributed by atoms with Crippen LogP contribution in [0.3, 0.4) is 0 Å². The lowest BCUT2D eigenvalue weighted by atomic mass is 10.0. The van der Waals surface area contributed by atoms with Crippen molar-refractivity contribution < 1.29 is 9.46 Å². The molecule has 0 aliphatic carbocycles. The number of nitrogens with zero attached hydrogens (tertiary/aromatic N) is 1. The number of hydrogen-bond donors (Lipinski definition) is 2. The number of benzene rings is 1. The van der Waals surface area contributed by atoms with Gasteiger partial charge in [0.2, 0.25) is 0 Å². The maximum absolute atomic E-state index is 12.0. The minimum atomic E-state index is -2.34. The lowest BCUT2D eigenvalue weighted by Crippen LogP contribution is -2.27. The quantitative estimate of drug-likeness (QED) is 0.0708. The number of anilines is 1. The van der Waals surface area contributed by atoms with E-state index < -0.39 is 13.8 Å². The summed E-state index contributed by atoms with van der Waals surface area (Å²) in [4.78, 5) is 12.0. The predicted molar refractivity (Wildman–Crippen MR) is 160 cm³/mol. The van der Waals surface area contributed by atoms with Crippen LogP contribution >= 0.6 is 31.2 Å². The van der Waals surface area contributed by atoms with Crippen molar-refractivity contribution in [1.82, 2.24) is 5.32 Å². The zero-order chi connectivity index (χ0) is 26.3. The van der Waals surface area contributed by atoms with E-state index in [1.54, 1.807) is 0 Å². The third kappa shape index (κ3) is 16.5. The van der Waals surface area contributed by atoms with Crippen LogP contribution in [0, 0.1) is 0 Å². The van der Waals surface area contributed by atoms with Crippen molar-refractivity contribution in [3.63, 3.8) is 0 Å². The normalized spacial score (nSPS) is 12.6. The summed E-state index contributed by atoms with van der Waals surface area (Å²) in [7, 11) is -2.34. The highest BCUT2D eigenvalue weighted by Crippen LogP contribution is 2.35. The molecule has 1 aromatic carbocycles. The Morgan fingerprint density at radius 1 is 0.750 bits per heavy atom. The van der Waals surface area contributed by atoms with E-state index in [4.69, 9.17) is 23.2 Å². The third-order valence-electron chi connectivity index (χ3n) is 6.87. The van der Waals surface area contributed by atoms with Crippen molar-refractivity contribution >= 4 is 36.9 Å². The fourth-order valence-electron chi connectivity index (χ4n) is 4.68. The zero-order valence-electron chi connectivity index (χ0n) is 22.7. The molecule has 1 rings (SSSR count). The number of nitrogens with one attached hydrogen (secondary N) is 1. The van der Waals surface area contributed by atoms with Gasteiger partial charge in [0.1, 0.15) is 0 Å². The van der Waals surface area contributed by atoms with E-state index in [-0.39, 0.29) is 0 Å². The molecule has 0 aromatic heterocycles. The second-order valence-electron chi connectivity index (χ2n) is 9.92. The van der Waals surface area contributed by atoms with Crippen LogP contribution < -0.4 is 10.2 Å². The molecule has 2 N–H and O–H groups in total. The summed E-state index contributed by atoms with van der Waals surface area (Å²) < 4.78 is 12.0. The molecule has 2 unspecified atom stereocenters. The first-order chi connectivity index (χ1) is 17.6. The van der Waals surface area contributed by atoms with Gasteiger partial charge in [-0.15, -0.1) is 23.2 Å². The summed E-state index contributed by atoms with van der Waals surface area (Å²) in [6.45, 7) is 4.49. The van der Waals surface area contributed by atoms with Gasteiger partial charge >= 0.3 is 8.03 Å². The third-order valence-corrected chi connectivity index (χ3v) is 8.13. The maximum Gasteiger partial charge on any atom is 0.529 e. The molecule has 2 atom stereocenters. The van der Waals surface area contributed by atoms with Gasteiger partial charge in [-0.3, -0.25) is 5.32 Å². The molecule has 0 bridgehead atoms. The van der Waals surface area contributed by atoms with Crippen molar-refractivity contribution in [2.45, 2.75) is 115 Å². The first-order valence-electron chi connectivity index (χ1n) is 14.5. The van der Waals surface area contributed by atoms with Crippen molar-refractivity contribution in [2.24, 2.45) is 0 Å². The van der Waals surface area contributed by atoms with Gasteiger partial charge in [0.15, 0.2) is 0 Å². The van der Waals surface area contributed by atoms with E-state index in [9.17, 15) is 9.46 Å². The lowest BCUT2D eigenvalue weighted by molar-refractivity contribution is 0.469. The molecule has 0 aliphatic heterocycles. The average molecular weight is 563 g/mol. The van der Waals surface area contributed by atoms with Gasteiger partial charge in [-0.2, -0.15) is 4.89 Å². The summed E-state index contributed by atoms with van der Waals surface area (Å²) in [5.74, 6) is 0.537. The Morgan fingerprint density at radius 3 is 1.56 bits per heavy atom. The number of halogens is 2. The van der Waals surface area contributed by atoms with Crippen LogP contribution in [0.1, 0.15) is 121 Å². The van der Waals surface area contributed by atoms with Crippen molar-refractivity contribution in [3.8, 4) is 0 Å². The average Bonchev–Trinajstić information content (AvgIpc) is 2.88. The largest absolute Gasteiger partial charge is 0.529 e. The fraction of sp³-hybridized carbons (Fsp3) is 0.793. The molecule has 0 radical (unpaired) electrons. The molecule has 4 nitrogen and oxygen atoms in total. The fourth-order valence-corrected chi connectivity index (χ4v) is 5.80. The number of unbranched alkanes of at least 4 members (excludes halogenated alkanes) is 15. The first kappa shape index (κ1) is 33.6. The molecule has 0 heterocycles. The van der Waals surface area contributed by atoms with Crippen molar-refractivity contribution in [2.75, 3.05) is 36.3 Å². The Morgan fingerprint density at radius 2 is 1.17 bits per heavy atom. The zero-order valence-corrected chi connectivity index (χ0v) is 25.1. The topological polar surface area (TPSA) is 52.6 Å².